The van der Waals surface area contributed by atoms with Crippen molar-refractivity contribution in [3.8, 4) is 5.82 Å². The summed E-state index contributed by atoms with van der Waals surface area (Å²) >= 11 is -0.0188. The van der Waals surface area contributed by atoms with Gasteiger partial charge in [-0.05, 0) is 26.8 Å². The molecule has 2 aromatic rings. The lowest BCUT2D eigenvalue weighted by molar-refractivity contribution is 0.00608. The zero-order chi connectivity index (χ0) is 18.4. The Hall–Kier alpha value is -2.42. The average Bonchev–Trinajstić information content (AvgIpc) is 2.91. The van der Waals surface area contributed by atoms with Crippen molar-refractivity contribution < 1.29 is 18.2 Å². The van der Waals surface area contributed by atoms with Gasteiger partial charge in [-0.15, -0.1) is 0 Å². The summed E-state index contributed by atoms with van der Waals surface area (Å²) in [6.45, 7) is 5.41. The maximum atomic E-state index is 13.3. The predicted octanol–water partition coefficient (Wildman–Crippen LogP) is 2.78. The Bertz CT molecular complexity index is 860. The lowest BCUT2D eigenvalue weighted by Crippen LogP contribution is -2.28. The van der Waals surface area contributed by atoms with Gasteiger partial charge in [0.05, 0.1) is 34.8 Å². The summed E-state index contributed by atoms with van der Waals surface area (Å²) in [5.74, 6) is -0.710. The van der Waals surface area contributed by atoms with Gasteiger partial charge in [-0.3, -0.25) is 9.36 Å². The number of halogens is 1. The third-order valence-corrected chi connectivity index (χ3v) is 4.12. The summed E-state index contributed by atoms with van der Waals surface area (Å²) in [6.07, 6.45) is 2.82. The fourth-order valence-electron chi connectivity index (χ4n) is 2.57. The molecule has 0 saturated carbocycles. The van der Waals surface area contributed by atoms with Gasteiger partial charge in [0.1, 0.15) is 11.9 Å². The molecule has 1 amide bonds. The van der Waals surface area contributed by atoms with Crippen molar-refractivity contribution in [3.05, 3.63) is 35.5 Å². The van der Waals surface area contributed by atoms with E-state index < -0.39 is 11.6 Å². The molecule has 0 aliphatic carbocycles. The first kappa shape index (κ1) is 17.4. The van der Waals surface area contributed by atoms with Crippen molar-refractivity contribution in [2.75, 3.05) is 7.05 Å². The summed E-state index contributed by atoms with van der Waals surface area (Å²) < 4.78 is 20.2. The maximum absolute atomic E-state index is 13.3. The molecule has 7 nitrogen and oxygen atoms in total. The maximum Gasteiger partial charge on any atom is 0.359 e. The quantitative estimate of drug-likeness (QED) is 0.763. The first-order valence-corrected chi connectivity index (χ1v) is 8.27. The molecule has 3 rings (SSSR count). The van der Waals surface area contributed by atoms with Crippen LogP contribution in [0.15, 0.2) is 23.5 Å². The molecule has 132 valence electrons. The molecule has 0 aromatic carbocycles. The number of ether oxygens (including phenoxy) is 1. The lowest BCUT2D eigenvalue weighted by Gasteiger charge is -2.19. The molecule has 25 heavy (non-hydrogen) atoms. The number of aromatic nitrogens is 3. The van der Waals surface area contributed by atoms with Gasteiger partial charge in [0.2, 0.25) is 0 Å². The highest BCUT2D eigenvalue weighted by atomic mass is 32.2. The van der Waals surface area contributed by atoms with Crippen LogP contribution >= 0.6 is 12.1 Å². The van der Waals surface area contributed by atoms with Crippen LogP contribution in [-0.2, 0) is 11.3 Å². The molecule has 1 aliphatic heterocycles. The minimum Gasteiger partial charge on any atom is -0.455 e. The Morgan fingerprint density at radius 2 is 2.08 bits per heavy atom. The van der Waals surface area contributed by atoms with Gasteiger partial charge in [0.15, 0.2) is 11.5 Å². The van der Waals surface area contributed by atoms with Crippen molar-refractivity contribution in [1.29, 1.82) is 0 Å². The number of hydrogen-bond acceptors (Lipinski definition) is 6. The molecule has 0 unspecified atom stereocenters. The Balaban J connectivity index is 2.17. The van der Waals surface area contributed by atoms with Crippen LogP contribution in [0.3, 0.4) is 0 Å². The summed E-state index contributed by atoms with van der Waals surface area (Å²) in [5.41, 5.74) is 0.0538. The number of fused-ring (bicyclic) bond motifs is 3. The van der Waals surface area contributed by atoms with Crippen LogP contribution in [0.25, 0.3) is 5.82 Å². The molecule has 0 N–H and O–H groups in total. The van der Waals surface area contributed by atoms with Gasteiger partial charge in [0, 0.05) is 13.2 Å². The summed E-state index contributed by atoms with van der Waals surface area (Å²) in [6, 6.07) is 1.44. The molecule has 0 bridgehead atoms. The number of nitrogens with zero attached hydrogens (tertiary/aromatic N) is 4. The van der Waals surface area contributed by atoms with E-state index in [-0.39, 0.29) is 46.6 Å². The SMILES string of the molecule is CN1Cc2c(C(=O)OC(C)(C)C)ncn2-c2nccc(SF)c2C1=O. The number of amides is 1. The van der Waals surface area contributed by atoms with Crippen molar-refractivity contribution >= 4 is 24.0 Å². The number of pyridine rings is 1. The van der Waals surface area contributed by atoms with E-state index in [9.17, 15) is 13.5 Å². The van der Waals surface area contributed by atoms with Crippen molar-refractivity contribution in [2.24, 2.45) is 0 Å². The number of carbonyl (C=O) groups excluding carboxylic acids is 2. The monoisotopic (exact) mass is 364 g/mol. The highest BCUT2D eigenvalue weighted by Crippen LogP contribution is 2.32. The van der Waals surface area contributed by atoms with Crippen LogP contribution < -0.4 is 0 Å². The highest BCUT2D eigenvalue weighted by molar-refractivity contribution is 7.94. The van der Waals surface area contributed by atoms with Crippen molar-refractivity contribution in [1.82, 2.24) is 19.4 Å². The van der Waals surface area contributed by atoms with Crippen LogP contribution in [0, 0.1) is 0 Å². The molecule has 1 aliphatic rings. The van der Waals surface area contributed by atoms with Gasteiger partial charge in [-0.25, -0.2) is 14.8 Å². The largest absolute Gasteiger partial charge is 0.455 e. The number of esters is 1. The van der Waals surface area contributed by atoms with E-state index in [1.165, 1.54) is 28.1 Å². The Kier molecular flexibility index (Phi) is 4.28. The summed E-state index contributed by atoms with van der Waals surface area (Å²) in [4.78, 5) is 35.0. The second kappa shape index (κ2) is 6.14. The van der Waals surface area contributed by atoms with Gasteiger partial charge >= 0.3 is 5.97 Å². The van der Waals surface area contributed by atoms with E-state index in [1.54, 1.807) is 27.8 Å². The molecule has 0 fully saturated rings. The van der Waals surface area contributed by atoms with E-state index >= 15 is 0 Å². The number of carbonyl (C=O) groups is 2. The van der Waals surface area contributed by atoms with Crippen molar-refractivity contribution in [3.63, 3.8) is 0 Å². The molecular formula is C16H17FN4O3S. The zero-order valence-electron chi connectivity index (χ0n) is 14.2. The highest BCUT2D eigenvalue weighted by Gasteiger charge is 2.32. The fourth-order valence-corrected chi connectivity index (χ4v) is 2.94. The minimum atomic E-state index is -0.672. The first-order chi connectivity index (χ1) is 11.7. The molecule has 0 spiro atoms. The summed E-state index contributed by atoms with van der Waals surface area (Å²) in [7, 11) is 1.58. The average molecular weight is 364 g/mol. The Morgan fingerprint density at radius 3 is 2.72 bits per heavy atom. The van der Waals surface area contributed by atoms with Crippen LogP contribution in [0.4, 0.5) is 3.89 Å². The van der Waals surface area contributed by atoms with E-state index in [0.717, 1.165) is 0 Å². The van der Waals surface area contributed by atoms with E-state index in [0.29, 0.717) is 5.69 Å². The lowest BCUT2D eigenvalue weighted by atomic mass is 10.2. The second-order valence-electron chi connectivity index (χ2n) is 6.66. The Labute approximate surface area is 148 Å². The summed E-state index contributed by atoms with van der Waals surface area (Å²) in [5, 5.41) is 0. The van der Waals surface area contributed by atoms with E-state index in [2.05, 4.69) is 9.97 Å². The molecule has 2 aromatic heterocycles. The van der Waals surface area contributed by atoms with Crippen LogP contribution in [-0.4, -0.2) is 44.0 Å². The number of imidazole rings is 1. The predicted molar refractivity (Wildman–Crippen MR) is 89.3 cm³/mol. The van der Waals surface area contributed by atoms with Crippen LogP contribution in [0.1, 0.15) is 47.3 Å². The van der Waals surface area contributed by atoms with Gasteiger partial charge < -0.3 is 9.64 Å². The molecular weight excluding hydrogens is 347 g/mol. The zero-order valence-corrected chi connectivity index (χ0v) is 15.1. The third-order valence-electron chi connectivity index (χ3n) is 3.61. The normalized spacial score (nSPS) is 14.0. The molecule has 3 heterocycles. The van der Waals surface area contributed by atoms with Crippen LogP contribution in [0.2, 0.25) is 0 Å². The van der Waals surface area contributed by atoms with Crippen LogP contribution in [0.5, 0.6) is 0 Å². The number of rotatable bonds is 2. The fraction of sp³-hybridized carbons (Fsp3) is 0.375. The van der Waals surface area contributed by atoms with E-state index in [1.807, 2.05) is 0 Å². The standard InChI is InChI=1S/C16H17FN4O3S/c1-16(2,3)24-15(23)12-9-7-20(4)14(22)11-10(25-17)5-6-18-13(11)21(9)8-19-12/h5-6,8H,7H2,1-4H3. The molecule has 0 radical (unpaired) electrons. The third kappa shape index (κ3) is 3.11. The second-order valence-corrected chi connectivity index (χ2v) is 7.25. The number of hydrogen-bond donors (Lipinski definition) is 0. The van der Waals surface area contributed by atoms with E-state index in [4.69, 9.17) is 4.74 Å². The molecule has 0 atom stereocenters. The van der Waals surface area contributed by atoms with Gasteiger partial charge in [-0.1, -0.05) is 0 Å². The van der Waals surface area contributed by atoms with Crippen molar-refractivity contribution in [2.45, 2.75) is 37.8 Å². The smallest absolute Gasteiger partial charge is 0.359 e. The van der Waals surface area contributed by atoms with Gasteiger partial charge in [0.25, 0.3) is 5.91 Å². The van der Waals surface area contributed by atoms with Gasteiger partial charge in [-0.2, -0.15) is 3.89 Å². The topological polar surface area (TPSA) is 77.3 Å². The Morgan fingerprint density at radius 1 is 1.36 bits per heavy atom. The molecule has 9 heteroatoms. The first-order valence-electron chi connectivity index (χ1n) is 7.56. The molecule has 0 saturated heterocycles. The minimum absolute atomic E-state index is 0.0188.